The van der Waals surface area contributed by atoms with Crippen LogP contribution in [0.5, 0.6) is 0 Å². The van der Waals surface area contributed by atoms with E-state index in [9.17, 15) is 0 Å². The van der Waals surface area contributed by atoms with Crippen LogP contribution in [0.4, 0.5) is 0 Å². The van der Waals surface area contributed by atoms with Crippen LogP contribution >= 0.6 is 0 Å². The maximum atomic E-state index is 5.44. The minimum Gasteiger partial charge on any atom is -0.463 e. The van der Waals surface area contributed by atoms with Crippen molar-refractivity contribution in [2.75, 3.05) is 19.7 Å². The Hall–Kier alpha value is -0.730. The third-order valence-electron chi connectivity index (χ3n) is 2.62. The van der Waals surface area contributed by atoms with E-state index < -0.39 is 0 Å². The average Bonchev–Trinajstić information content (AvgIpc) is 2.57. The highest BCUT2D eigenvalue weighted by molar-refractivity contribution is 5.75. The zero-order chi connectivity index (χ0) is 8.39. The molecule has 2 aliphatic rings. The fraction of sp³-hybridized carbons (Fsp3) is 0.889. The van der Waals surface area contributed by atoms with Gasteiger partial charge in [-0.15, -0.1) is 0 Å². The first-order chi connectivity index (χ1) is 5.88. The molecule has 1 fully saturated rings. The van der Waals surface area contributed by atoms with Gasteiger partial charge in [0, 0.05) is 12.6 Å². The maximum Gasteiger partial charge on any atom is 0.287 e. The Balaban J connectivity index is 2.00. The van der Waals surface area contributed by atoms with Gasteiger partial charge in [-0.05, 0) is 26.2 Å². The van der Waals surface area contributed by atoms with Crippen molar-refractivity contribution in [3.63, 3.8) is 0 Å². The summed E-state index contributed by atoms with van der Waals surface area (Å²) in [7, 11) is 0. The molecule has 0 amide bonds. The van der Waals surface area contributed by atoms with Crippen molar-refractivity contribution in [3.8, 4) is 0 Å². The normalized spacial score (nSPS) is 29.9. The van der Waals surface area contributed by atoms with Crippen molar-refractivity contribution >= 4 is 6.02 Å². The van der Waals surface area contributed by atoms with E-state index in [1.807, 2.05) is 0 Å². The van der Waals surface area contributed by atoms with E-state index in [1.165, 1.54) is 19.3 Å². The number of rotatable bonds is 0. The van der Waals surface area contributed by atoms with Gasteiger partial charge in [0.2, 0.25) is 0 Å². The summed E-state index contributed by atoms with van der Waals surface area (Å²) < 4.78 is 5.44. The fourth-order valence-corrected chi connectivity index (χ4v) is 1.88. The largest absolute Gasteiger partial charge is 0.463 e. The van der Waals surface area contributed by atoms with Crippen LogP contribution in [0.15, 0.2) is 4.99 Å². The van der Waals surface area contributed by atoms with Crippen LogP contribution < -0.4 is 0 Å². The zero-order valence-electron chi connectivity index (χ0n) is 7.62. The van der Waals surface area contributed by atoms with Crippen LogP contribution in [-0.2, 0) is 4.74 Å². The quantitative estimate of drug-likeness (QED) is 0.543. The lowest BCUT2D eigenvalue weighted by Crippen LogP contribution is -2.42. The molecule has 2 aliphatic heterocycles. The van der Waals surface area contributed by atoms with Crippen molar-refractivity contribution in [2.24, 2.45) is 4.99 Å². The number of amidine groups is 1. The van der Waals surface area contributed by atoms with Crippen molar-refractivity contribution in [1.29, 1.82) is 0 Å². The molecule has 1 saturated heterocycles. The first kappa shape index (κ1) is 7.90. The Kier molecular flexibility index (Phi) is 2.19. The van der Waals surface area contributed by atoms with Crippen LogP contribution in [0, 0.1) is 0 Å². The monoisotopic (exact) mass is 168 g/mol. The molecule has 2 rings (SSSR count). The first-order valence-corrected chi connectivity index (χ1v) is 4.82. The molecule has 0 aromatic carbocycles. The van der Waals surface area contributed by atoms with Crippen molar-refractivity contribution in [1.82, 2.24) is 4.90 Å². The summed E-state index contributed by atoms with van der Waals surface area (Å²) in [6.45, 7) is 5.00. The SMILES string of the molecule is CC1CCCCN1C1=NCCO1. The number of nitrogens with zero attached hydrogens (tertiary/aromatic N) is 2. The van der Waals surface area contributed by atoms with Gasteiger partial charge in [0.15, 0.2) is 0 Å². The average molecular weight is 168 g/mol. The Labute approximate surface area is 73.4 Å². The summed E-state index contributed by atoms with van der Waals surface area (Å²) in [4.78, 5) is 6.63. The van der Waals surface area contributed by atoms with Gasteiger partial charge in [-0.3, -0.25) is 0 Å². The third-order valence-corrected chi connectivity index (χ3v) is 2.62. The second-order valence-corrected chi connectivity index (χ2v) is 3.55. The van der Waals surface area contributed by atoms with Gasteiger partial charge < -0.3 is 9.64 Å². The van der Waals surface area contributed by atoms with E-state index in [0.717, 1.165) is 25.7 Å². The summed E-state index contributed by atoms with van der Waals surface area (Å²) in [5.74, 6) is 0. The molecular formula is C9H16N2O. The van der Waals surface area contributed by atoms with Crippen molar-refractivity contribution in [2.45, 2.75) is 32.2 Å². The highest BCUT2D eigenvalue weighted by Gasteiger charge is 2.24. The Morgan fingerprint density at radius 2 is 2.42 bits per heavy atom. The Bertz CT molecular complexity index is 191. The van der Waals surface area contributed by atoms with E-state index in [1.54, 1.807) is 0 Å². The number of piperidine rings is 1. The second-order valence-electron chi connectivity index (χ2n) is 3.55. The van der Waals surface area contributed by atoms with Gasteiger partial charge in [0.05, 0.1) is 6.54 Å². The molecular weight excluding hydrogens is 152 g/mol. The summed E-state index contributed by atoms with van der Waals surface area (Å²) in [5, 5.41) is 0. The highest BCUT2D eigenvalue weighted by atomic mass is 16.5. The van der Waals surface area contributed by atoms with Gasteiger partial charge >= 0.3 is 0 Å². The van der Waals surface area contributed by atoms with Crippen LogP contribution in [0.3, 0.4) is 0 Å². The smallest absolute Gasteiger partial charge is 0.287 e. The molecule has 0 aromatic heterocycles. The number of hydrogen-bond acceptors (Lipinski definition) is 3. The summed E-state index contributed by atoms with van der Waals surface area (Å²) in [6.07, 6.45) is 3.92. The van der Waals surface area contributed by atoms with Crippen LogP contribution in [-0.4, -0.2) is 36.7 Å². The molecule has 1 unspecified atom stereocenters. The summed E-state index contributed by atoms with van der Waals surface area (Å²) in [5.41, 5.74) is 0. The second kappa shape index (κ2) is 3.33. The van der Waals surface area contributed by atoms with Crippen molar-refractivity contribution < 1.29 is 4.74 Å². The third kappa shape index (κ3) is 1.40. The lowest BCUT2D eigenvalue weighted by molar-refractivity contribution is 0.193. The van der Waals surface area contributed by atoms with E-state index >= 15 is 0 Å². The molecule has 12 heavy (non-hydrogen) atoms. The van der Waals surface area contributed by atoms with Crippen LogP contribution in [0.1, 0.15) is 26.2 Å². The van der Waals surface area contributed by atoms with Crippen LogP contribution in [0.25, 0.3) is 0 Å². The maximum absolute atomic E-state index is 5.44. The van der Waals surface area contributed by atoms with E-state index in [-0.39, 0.29) is 0 Å². The lowest BCUT2D eigenvalue weighted by Gasteiger charge is -2.33. The van der Waals surface area contributed by atoms with Gasteiger partial charge in [-0.2, -0.15) is 0 Å². The van der Waals surface area contributed by atoms with E-state index in [2.05, 4.69) is 16.8 Å². The van der Waals surface area contributed by atoms with Crippen LogP contribution in [0.2, 0.25) is 0 Å². The lowest BCUT2D eigenvalue weighted by atomic mass is 10.0. The van der Waals surface area contributed by atoms with Gasteiger partial charge in [-0.25, -0.2) is 4.99 Å². The standard InChI is InChI=1S/C9H16N2O/c1-8-4-2-3-6-11(8)9-10-5-7-12-9/h8H,2-7H2,1H3. The first-order valence-electron chi connectivity index (χ1n) is 4.82. The minimum atomic E-state index is 0.621. The number of hydrogen-bond donors (Lipinski definition) is 0. The zero-order valence-corrected chi connectivity index (χ0v) is 7.62. The number of ether oxygens (including phenoxy) is 1. The van der Waals surface area contributed by atoms with Gasteiger partial charge in [0.1, 0.15) is 6.61 Å². The molecule has 0 bridgehead atoms. The molecule has 1 atom stereocenters. The topological polar surface area (TPSA) is 24.8 Å². The molecule has 0 saturated carbocycles. The predicted molar refractivity (Wildman–Crippen MR) is 48.3 cm³/mol. The van der Waals surface area contributed by atoms with E-state index in [0.29, 0.717) is 6.04 Å². The number of aliphatic imine (C=N–C) groups is 1. The van der Waals surface area contributed by atoms with E-state index in [4.69, 9.17) is 4.74 Å². The van der Waals surface area contributed by atoms with Gasteiger partial charge in [0.25, 0.3) is 6.02 Å². The number of likely N-dealkylation sites (tertiary alicyclic amines) is 1. The Morgan fingerprint density at radius 3 is 3.08 bits per heavy atom. The molecule has 3 nitrogen and oxygen atoms in total. The Morgan fingerprint density at radius 1 is 1.50 bits per heavy atom. The van der Waals surface area contributed by atoms with Crippen molar-refractivity contribution in [3.05, 3.63) is 0 Å². The molecule has 0 radical (unpaired) electrons. The fourth-order valence-electron chi connectivity index (χ4n) is 1.88. The predicted octanol–water partition coefficient (Wildman–Crippen LogP) is 1.25. The van der Waals surface area contributed by atoms with Gasteiger partial charge in [-0.1, -0.05) is 0 Å². The summed E-state index contributed by atoms with van der Waals surface area (Å²) >= 11 is 0. The molecule has 68 valence electrons. The molecule has 0 aliphatic carbocycles. The molecule has 0 aromatic rings. The molecule has 0 spiro atoms. The minimum absolute atomic E-state index is 0.621. The molecule has 3 heteroatoms. The highest BCUT2D eigenvalue weighted by Crippen LogP contribution is 2.18. The summed E-state index contributed by atoms with van der Waals surface area (Å²) in [6, 6.07) is 1.51. The molecule has 0 N–H and O–H groups in total. The molecule has 2 heterocycles.